The molecule has 9 rings (SSSR count). The normalized spacial score (nSPS) is 11.4. The van der Waals surface area contributed by atoms with E-state index in [1.807, 2.05) is 66.7 Å². The summed E-state index contributed by atoms with van der Waals surface area (Å²) in [5, 5.41) is 4.62. The SMILES string of the molecule is Cn1c(-c2ccc3cc(-c4c(-c5nc(-c6ccccc6)nc(-c6ccccc6)n5)ccc5ccccc45)ccc3c2)nc2ccccc21. The highest BCUT2D eigenvalue weighted by atomic mass is 15.1. The quantitative estimate of drug-likeness (QED) is 0.193. The second-order valence-corrected chi connectivity index (χ2v) is 12.0. The number of para-hydroxylation sites is 2. The lowest BCUT2D eigenvalue weighted by Crippen LogP contribution is -2.01. The van der Waals surface area contributed by atoms with E-state index in [1.165, 1.54) is 0 Å². The van der Waals surface area contributed by atoms with Gasteiger partial charge in [0, 0.05) is 34.9 Å². The summed E-state index contributed by atoms with van der Waals surface area (Å²) in [7, 11) is 2.08. The summed E-state index contributed by atoms with van der Waals surface area (Å²) in [4.78, 5) is 20.1. The van der Waals surface area contributed by atoms with Crippen molar-refractivity contribution in [3.63, 3.8) is 0 Å². The Kier molecular flexibility index (Phi) is 6.61. The van der Waals surface area contributed by atoms with Crippen LogP contribution in [0.15, 0.2) is 158 Å². The molecule has 0 N–H and O–H groups in total. The third kappa shape index (κ3) is 4.81. The number of aryl methyl sites for hydroxylation is 1. The maximum absolute atomic E-state index is 5.09. The van der Waals surface area contributed by atoms with Gasteiger partial charge in [-0.05, 0) is 57.4 Å². The van der Waals surface area contributed by atoms with Gasteiger partial charge in [-0.1, -0.05) is 127 Å². The molecule has 5 nitrogen and oxygen atoms in total. The smallest absolute Gasteiger partial charge is 0.164 e. The first-order valence-electron chi connectivity index (χ1n) is 16.0. The van der Waals surface area contributed by atoms with E-state index in [-0.39, 0.29) is 0 Å². The molecule has 5 heteroatoms. The van der Waals surface area contributed by atoms with E-state index in [0.717, 1.165) is 71.8 Å². The molecule has 0 aliphatic rings. The molecule has 0 saturated carbocycles. The van der Waals surface area contributed by atoms with Gasteiger partial charge < -0.3 is 4.57 Å². The van der Waals surface area contributed by atoms with Gasteiger partial charge >= 0.3 is 0 Å². The third-order valence-corrected chi connectivity index (χ3v) is 9.04. The Morgan fingerprint density at radius 2 is 0.979 bits per heavy atom. The molecule has 0 unspecified atom stereocenters. The molecule has 0 atom stereocenters. The summed E-state index contributed by atoms with van der Waals surface area (Å²) in [5.74, 6) is 2.88. The fraction of sp³-hybridized carbons (Fsp3) is 0.0233. The Balaban J connectivity index is 1.23. The molecule has 0 aliphatic heterocycles. The van der Waals surface area contributed by atoms with Crippen LogP contribution >= 0.6 is 0 Å². The number of hydrogen-bond donors (Lipinski definition) is 0. The average molecular weight is 616 g/mol. The molecule has 0 aliphatic carbocycles. The summed E-state index contributed by atoms with van der Waals surface area (Å²) < 4.78 is 2.16. The first-order chi connectivity index (χ1) is 23.7. The lowest BCUT2D eigenvalue weighted by atomic mass is 9.91. The van der Waals surface area contributed by atoms with Gasteiger partial charge in [0.1, 0.15) is 5.82 Å². The molecule has 0 saturated heterocycles. The average Bonchev–Trinajstić information content (AvgIpc) is 3.50. The van der Waals surface area contributed by atoms with Crippen molar-refractivity contribution in [1.29, 1.82) is 0 Å². The van der Waals surface area contributed by atoms with Gasteiger partial charge in [-0.2, -0.15) is 0 Å². The Morgan fingerprint density at radius 3 is 1.69 bits per heavy atom. The molecule has 7 aromatic carbocycles. The van der Waals surface area contributed by atoms with Gasteiger partial charge in [-0.15, -0.1) is 0 Å². The number of aromatic nitrogens is 5. The number of imidazole rings is 1. The van der Waals surface area contributed by atoms with E-state index in [2.05, 4.69) is 103 Å². The predicted molar refractivity (Wildman–Crippen MR) is 196 cm³/mol. The highest BCUT2D eigenvalue weighted by molar-refractivity contribution is 6.05. The van der Waals surface area contributed by atoms with Crippen molar-refractivity contribution in [2.75, 3.05) is 0 Å². The fourth-order valence-corrected chi connectivity index (χ4v) is 6.64. The van der Waals surface area contributed by atoms with Crippen LogP contribution in [-0.2, 0) is 7.05 Å². The molecular weight excluding hydrogens is 587 g/mol. The molecule has 2 aromatic heterocycles. The summed E-state index contributed by atoms with van der Waals surface area (Å²) >= 11 is 0. The summed E-state index contributed by atoms with van der Waals surface area (Å²) in [6.07, 6.45) is 0. The largest absolute Gasteiger partial charge is 0.327 e. The second kappa shape index (κ2) is 11.4. The highest BCUT2D eigenvalue weighted by Gasteiger charge is 2.18. The molecule has 0 radical (unpaired) electrons. The fourth-order valence-electron chi connectivity index (χ4n) is 6.64. The molecular formula is C43H29N5. The maximum Gasteiger partial charge on any atom is 0.164 e. The van der Waals surface area contributed by atoms with Crippen LogP contribution < -0.4 is 0 Å². The van der Waals surface area contributed by atoms with Gasteiger partial charge in [0.15, 0.2) is 17.5 Å². The van der Waals surface area contributed by atoms with Crippen molar-refractivity contribution < 1.29 is 0 Å². The standard InChI is InChI=1S/C43H29N5/c1-48-38-19-11-10-18-37(38)44-43(48)34-23-21-31-26-33(22-20-32(31)27-34)39-35-17-9-8-12-28(35)24-25-36(39)42-46-40(29-13-4-2-5-14-29)45-41(47-42)30-15-6-3-7-16-30/h2-27H,1H3. The van der Waals surface area contributed by atoms with Gasteiger partial charge in [0.2, 0.25) is 0 Å². The lowest BCUT2D eigenvalue weighted by molar-refractivity contribution is 0.960. The number of rotatable bonds is 5. The van der Waals surface area contributed by atoms with E-state index in [1.54, 1.807) is 0 Å². The van der Waals surface area contributed by atoms with E-state index in [4.69, 9.17) is 19.9 Å². The Hall–Kier alpha value is -6.46. The summed E-state index contributed by atoms with van der Waals surface area (Å²) in [6.45, 7) is 0. The zero-order chi connectivity index (χ0) is 32.0. The maximum atomic E-state index is 5.09. The minimum Gasteiger partial charge on any atom is -0.327 e. The van der Waals surface area contributed by atoms with Gasteiger partial charge in [0.25, 0.3) is 0 Å². The molecule has 48 heavy (non-hydrogen) atoms. The number of hydrogen-bond acceptors (Lipinski definition) is 4. The van der Waals surface area contributed by atoms with Crippen LogP contribution in [0.5, 0.6) is 0 Å². The molecule has 226 valence electrons. The minimum atomic E-state index is 0.640. The van der Waals surface area contributed by atoms with Crippen molar-refractivity contribution in [3.8, 4) is 56.7 Å². The van der Waals surface area contributed by atoms with Crippen molar-refractivity contribution in [2.24, 2.45) is 7.05 Å². The summed E-state index contributed by atoms with van der Waals surface area (Å²) in [5.41, 5.74) is 8.26. The van der Waals surface area contributed by atoms with Crippen molar-refractivity contribution >= 4 is 32.6 Å². The van der Waals surface area contributed by atoms with Crippen LogP contribution in [0.2, 0.25) is 0 Å². The topological polar surface area (TPSA) is 56.5 Å². The number of benzene rings is 7. The molecule has 2 heterocycles. The zero-order valence-corrected chi connectivity index (χ0v) is 26.2. The zero-order valence-electron chi connectivity index (χ0n) is 26.2. The van der Waals surface area contributed by atoms with Crippen LogP contribution in [0, 0.1) is 0 Å². The van der Waals surface area contributed by atoms with E-state index < -0.39 is 0 Å². The monoisotopic (exact) mass is 615 g/mol. The van der Waals surface area contributed by atoms with Gasteiger partial charge in [0.05, 0.1) is 11.0 Å². The van der Waals surface area contributed by atoms with Gasteiger partial charge in [-0.3, -0.25) is 0 Å². The first-order valence-corrected chi connectivity index (χ1v) is 16.0. The summed E-state index contributed by atoms with van der Waals surface area (Å²) in [6, 6.07) is 54.6. The van der Waals surface area contributed by atoms with E-state index >= 15 is 0 Å². The second-order valence-electron chi connectivity index (χ2n) is 12.0. The van der Waals surface area contributed by atoms with Gasteiger partial charge in [-0.25, -0.2) is 19.9 Å². The number of fused-ring (bicyclic) bond motifs is 3. The first kappa shape index (κ1) is 27.8. The number of nitrogens with zero attached hydrogens (tertiary/aromatic N) is 5. The van der Waals surface area contributed by atoms with Crippen molar-refractivity contribution in [2.45, 2.75) is 0 Å². The predicted octanol–water partition coefficient (Wildman–Crippen LogP) is 10.4. The van der Waals surface area contributed by atoms with E-state index in [9.17, 15) is 0 Å². The van der Waals surface area contributed by atoms with Crippen LogP contribution in [0.4, 0.5) is 0 Å². The van der Waals surface area contributed by atoms with Crippen LogP contribution in [-0.4, -0.2) is 24.5 Å². The van der Waals surface area contributed by atoms with Crippen LogP contribution in [0.25, 0.3) is 89.3 Å². The highest BCUT2D eigenvalue weighted by Crippen LogP contribution is 2.39. The lowest BCUT2D eigenvalue weighted by Gasteiger charge is -2.15. The Labute approximate surface area is 277 Å². The Morgan fingerprint density at radius 1 is 0.417 bits per heavy atom. The Bertz CT molecular complexity index is 2570. The molecule has 0 bridgehead atoms. The molecule has 0 spiro atoms. The molecule has 0 fully saturated rings. The van der Waals surface area contributed by atoms with Crippen molar-refractivity contribution in [1.82, 2.24) is 24.5 Å². The van der Waals surface area contributed by atoms with Crippen LogP contribution in [0.1, 0.15) is 0 Å². The minimum absolute atomic E-state index is 0.640. The molecule has 0 amide bonds. The molecule has 9 aromatic rings. The van der Waals surface area contributed by atoms with Crippen LogP contribution in [0.3, 0.4) is 0 Å². The van der Waals surface area contributed by atoms with E-state index in [0.29, 0.717) is 17.5 Å². The third-order valence-electron chi connectivity index (χ3n) is 9.04. The van der Waals surface area contributed by atoms with Crippen molar-refractivity contribution in [3.05, 3.63) is 158 Å².